The second-order valence-corrected chi connectivity index (χ2v) is 8.53. The number of aromatic nitrogens is 3. The predicted molar refractivity (Wildman–Crippen MR) is 124 cm³/mol. The molecule has 0 saturated heterocycles. The molecular formula is C24H30N4O2S. The summed E-state index contributed by atoms with van der Waals surface area (Å²) in [6.45, 7) is 4.94. The maximum absolute atomic E-state index is 12.8. The first-order valence-electron chi connectivity index (χ1n) is 10.6. The van der Waals surface area contributed by atoms with Crippen molar-refractivity contribution in [2.24, 2.45) is 0 Å². The summed E-state index contributed by atoms with van der Waals surface area (Å²) in [6, 6.07) is 20.1. The zero-order valence-corrected chi connectivity index (χ0v) is 19.4. The van der Waals surface area contributed by atoms with Crippen LogP contribution in [-0.4, -0.2) is 46.3 Å². The molecule has 2 aromatic carbocycles. The number of hydrogen-bond acceptors (Lipinski definition) is 6. The molecule has 31 heavy (non-hydrogen) atoms. The SMILES string of the molecule is CCOC(=O)C(Sc1nnc(C(CC)N(C)C)n1Cc1ccccc1)c1ccccc1. The van der Waals surface area contributed by atoms with Gasteiger partial charge in [-0.05, 0) is 38.6 Å². The molecule has 0 spiro atoms. The molecule has 3 rings (SSSR count). The van der Waals surface area contributed by atoms with Gasteiger partial charge < -0.3 is 9.30 Å². The Hall–Kier alpha value is -2.64. The molecule has 6 nitrogen and oxygen atoms in total. The average molecular weight is 439 g/mol. The van der Waals surface area contributed by atoms with E-state index in [2.05, 4.69) is 38.7 Å². The number of nitrogens with zero attached hydrogens (tertiary/aromatic N) is 4. The summed E-state index contributed by atoms with van der Waals surface area (Å²) in [7, 11) is 4.10. The first kappa shape index (κ1) is 23.0. The van der Waals surface area contributed by atoms with Gasteiger partial charge in [-0.15, -0.1) is 10.2 Å². The number of thioether (sulfide) groups is 1. The van der Waals surface area contributed by atoms with Crippen molar-refractivity contribution in [2.75, 3.05) is 20.7 Å². The van der Waals surface area contributed by atoms with Gasteiger partial charge >= 0.3 is 5.97 Å². The summed E-state index contributed by atoms with van der Waals surface area (Å²) >= 11 is 1.39. The molecule has 2 unspecified atom stereocenters. The van der Waals surface area contributed by atoms with Crippen molar-refractivity contribution in [3.63, 3.8) is 0 Å². The van der Waals surface area contributed by atoms with Gasteiger partial charge in [0, 0.05) is 0 Å². The van der Waals surface area contributed by atoms with Crippen LogP contribution in [0.25, 0.3) is 0 Å². The molecule has 0 radical (unpaired) electrons. The van der Waals surface area contributed by atoms with E-state index in [1.54, 1.807) is 0 Å². The van der Waals surface area contributed by atoms with Crippen molar-refractivity contribution < 1.29 is 9.53 Å². The maximum Gasteiger partial charge on any atom is 0.324 e. The molecule has 164 valence electrons. The van der Waals surface area contributed by atoms with Crippen molar-refractivity contribution in [3.05, 3.63) is 77.6 Å². The predicted octanol–water partition coefficient (Wildman–Crippen LogP) is 4.74. The molecule has 0 bridgehead atoms. The van der Waals surface area contributed by atoms with Crippen LogP contribution < -0.4 is 0 Å². The molecule has 3 aromatic rings. The van der Waals surface area contributed by atoms with Crippen LogP contribution in [0.2, 0.25) is 0 Å². The van der Waals surface area contributed by atoms with Crippen LogP contribution in [-0.2, 0) is 16.1 Å². The van der Waals surface area contributed by atoms with Crippen molar-refractivity contribution in [1.82, 2.24) is 19.7 Å². The van der Waals surface area contributed by atoms with E-state index in [0.29, 0.717) is 18.3 Å². The quantitative estimate of drug-likeness (QED) is 0.337. The Balaban J connectivity index is 2.02. The Kier molecular flexibility index (Phi) is 8.26. The topological polar surface area (TPSA) is 60.2 Å². The summed E-state index contributed by atoms with van der Waals surface area (Å²) in [5.74, 6) is 0.628. The third kappa shape index (κ3) is 5.74. The number of rotatable bonds is 10. The van der Waals surface area contributed by atoms with Crippen LogP contribution >= 0.6 is 11.8 Å². The fourth-order valence-corrected chi connectivity index (χ4v) is 4.57. The Morgan fingerprint density at radius 2 is 1.68 bits per heavy atom. The molecule has 0 saturated carbocycles. The fourth-order valence-electron chi connectivity index (χ4n) is 3.53. The van der Waals surface area contributed by atoms with Crippen LogP contribution in [0.4, 0.5) is 0 Å². The van der Waals surface area contributed by atoms with E-state index in [1.165, 1.54) is 11.8 Å². The van der Waals surface area contributed by atoms with Gasteiger partial charge in [0.2, 0.25) is 0 Å². The molecule has 7 heteroatoms. The van der Waals surface area contributed by atoms with Gasteiger partial charge in [0.25, 0.3) is 0 Å². The fraction of sp³-hybridized carbons (Fsp3) is 0.375. The van der Waals surface area contributed by atoms with Gasteiger partial charge in [0.05, 0.1) is 19.2 Å². The molecule has 2 atom stereocenters. The standard InChI is InChI=1S/C24H30N4O2S/c1-5-20(27(3)4)22-25-26-24(28(22)17-18-13-9-7-10-14-18)31-21(23(29)30-6-2)19-15-11-8-12-16-19/h7-16,20-21H,5-6,17H2,1-4H3. The van der Waals surface area contributed by atoms with E-state index < -0.39 is 5.25 Å². The minimum Gasteiger partial charge on any atom is -0.465 e. The van der Waals surface area contributed by atoms with E-state index in [0.717, 1.165) is 23.4 Å². The molecule has 0 N–H and O–H groups in total. The van der Waals surface area contributed by atoms with E-state index >= 15 is 0 Å². The molecule has 0 aliphatic carbocycles. The number of carbonyl (C=O) groups excluding carboxylic acids is 1. The lowest BCUT2D eigenvalue weighted by Crippen LogP contribution is -2.23. The summed E-state index contributed by atoms with van der Waals surface area (Å²) in [5, 5.41) is 9.27. The molecular weight excluding hydrogens is 408 g/mol. The third-order valence-corrected chi connectivity index (χ3v) is 6.28. The van der Waals surface area contributed by atoms with Gasteiger partial charge in [-0.25, -0.2) is 0 Å². The highest BCUT2D eigenvalue weighted by Gasteiger charge is 2.28. The number of hydrogen-bond donors (Lipinski definition) is 0. The van der Waals surface area contributed by atoms with Gasteiger partial charge in [0.15, 0.2) is 11.0 Å². The van der Waals surface area contributed by atoms with Crippen LogP contribution in [0, 0.1) is 0 Å². The Labute approximate surface area is 188 Å². The highest BCUT2D eigenvalue weighted by atomic mass is 32.2. The minimum absolute atomic E-state index is 0.128. The first-order chi connectivity index (χ1) is 15.0. The molecule has 0 aliphatic heterocycles. The van der Waals surface area contributed by atoms with Crippen LogP contribution in [0.5, 0.6) is 0 Å². The summed E-state index contributed by atoms with van der Waals surface area (Å²) in [6.07, 6.45) is 0.907. The highest BCUT2D eigenvalue weighted by molar-refractivity contribution is 8.00. The second-order valence-electron chi connectivity index (χ2n) is 7.46. The van der Waals surface area contributed by atoms with Crippen molar-refractivity contribution in [1.29, 1.82) is 0 Å². The Bertz CT molecular complexity index is 960. The van der Waals surface area contributed by atoms with E-state index in [-0.39, 0.29) is 12.0 Å². The monoisotopic (exact) mass is 438 g/mol. The van der Waals surface area contributed by atoms with Crippen LogP contribution in [0.1, 0.15) is 48.5 Å². The number of benzene rings is 2. The van der Waals surface area contributed by atoms with Gasteiger partial charge in [0.1, 0.15) is 5.25 Å². The highest BCUT2D eigenvalue weighted by Crippen LogP contribution is 2.37. The second kappa shape index (κ2) is 11.1. The molecule has 0 aliphatic rings. The van der Waals surface area contributed by atoms with Gasteiger partial charge in [-0.1, -0.05) is 79.3 Å². The minimum atomic E-state index is -0.507. The zero-order chi connectivity index (χ0) is 22.2. The lowest BCUT2D eigenvalue weighted by molar-refractivity contribution is -0.142. The van der Waals surface area contributed by atoms with Gasteiger partial charge in [-0.2, -0.15) is 0 Å². The Morgan fingerprint density at radius 3 is 2.26 bits per heavy atom. The number of carbonyl (C=O) groups is 1. The lowest BCUT2D eigenvalue weighted by atomic mass is 10.1. The van der Waals surface area contributed by atoms with Crippen LogP contribution in [0.3, 0.4) is 0 Å². The van der Waals surface area contributed by atoms with E-state index in [4.69, 9.17) is 4.74 Å². The lowest BCUT2D eigenvalue weighted by Gasteiger charge is -2.23. The number of esters is 1. The maximum atomic E-state index is 12.8. The van der Waals surface area contributed by atoms with E-state index in [9.17, 15) is 4.79 Å². The van der Waals surface area contributed by atoms with Gasteiger partial charge in [-0.3, -0.25) is 9.69 Å². The number of ether oxygens (including phenoxy) is 1. The van der Waals surface area contributed by atoms with E-state index in [1.807, 2.05) is 69.6 Å². The van der Waals surface area contributed by atoms with Crippen molar-refractivity contribution in [2.45, 2.75) is 43.3 Å². The van der Waals surface area contributed by atoms with Crippen molar-refractivity contribution >= 4 is 17.7 Å². The largest absolute Gasteiger partial charge is 0.465 e. The smallest absolute Gasteiger partial charge is 0.324 e. The van der Waals surface area contributed by atoms with Crippen molar-refractivity contribution in [3.8, 4) is 0 Å². The molecule has 0 amide bonds. The average Bonchev–Trinajstić information content (AvgIpc) is 3.15. The summed E-state index contributed by atoms with van der Waals surface area (Å²) < 4.78 is 7.51. The summed E-state index contributed by atoms with van der Waals surface area (Å²) in [4.78, 5) is 15.0. The first-order valence-corrected chi connectivity index (χ1v) is 11.4. The molecule has 1 heterocycles. The molecule has 0 fully saturated rings. The normalized spacial score (nSPS) is 13.2. The third-order valence-electron chi connectivity index (χ3n) is 5.06. The van der Waals surface area contributed by atoms with Crippen LogP contribution in [0.15, 0.2) is 65.8 Å². The summed E-state index contributed by atoms with van der Waals surface area (Å²) in [5.41, 5.74) is 2.05. The Morgan fingerprint density at radius 1 is 1.03 bits per heavy atom. The molecule has 1 aromatic heterocycles. The zero-order valence-electron chi connectivity index (χ0n) is 18.6.